The molecule has 2 N–H and O–H groups in total. The summed E-state index contributed by atoms with van der Waals surface area (Å²) in [6.07, 6.45) is 0. The molecule has 9 heteroatoms. The summed E-state index contributed by atoms with van der Waals surface area (Å²) in [6.45, 7) is 3.46. The van der Waals surface area contributed by atoms with E-state index in [0.717, 1.165) is 4.88 Å². The molecule has 2 aromatic heterocycles. The Labute approximate surface area is 133 Å². The van der Waals surface area contributed by atoms with Crippen molar-refractivity contribution in [2.24, 2.45) is 0 Å². The molecule has 0 aliphatic heterocycles. The Hall–Kier alpha value is -1.70. The Morgan fingerprint density at radius 1 is 1.29 bits per heavy atom. The monoisotopic (exact) mass is 345 g/mol. The first-order chi connectivity index (χ1) is 9.81. The molecule has 0 radical (unpaired) electrons. The second kappa shape index (κ2) is 5.97. The number of aryl methyl sites for hydroxylation is 1. The zero-order chi connectivity index (χ0) is 15.7. The smallest absolute Gasteiger partial charge is 0.338 e. The Bertz CT molecular complexity index is 746. The van der Waals surface area contributed by atoms with Crippen molar-refractivity contribution in [3.05, 3.63) is 37.9 Å². The number of carbonyl (C=O) groups excluding carboxylic acids is 1. The topological polar surface area (TPSA) is 92.2 Å². The SMILES string of the molecule is Cc1sc(NC(=O)c2cc(Cl)nnc2Cl)c(C(=O)O)c1C. The van der Waals surface area contributed by atoms with E-state index in [9.17, 15) is 14.7 Å². The van der Waals surface area contributed by atoms with Gasteiger partial charge in [-0.3, -0.25) is 4.79 Å². The zero-order valence-corrected chi connectivity index (χ0v) is 13.2. The van der Waals surface area contributed by atoms with Crippen molar-refractivity contribution in [1.82, 2.24) is 10.2 Å². The van der Waals surface area contributed by atoms with Crippen molar-refractivity contribution in [2.45, 2.75) is 13.8 Å². The number of aromatic nitrogens is 2. The first-order valence-electron chi connectivity index (χ1n) is 5.64. The number of amides is 1. The third-order valence-electron chi connectivity index (χ3n) is 2.79. The summed E-state index contributed by atoms with van der Waals surface area (Å²) in [6, 6.07) is 1.26. The van der Waals surface area contributed by atoms with Crippen LogP contribution in [-0.4, -0.2) is 27.2 Å². The number of thiophene rings is 1. The highest BCUT2D eigenvalue weighted by Crippen LogP contribution is 2.33. The third-order valence-corrected chi connectivity index (χ3v) is 4.38. The third kappa shape index (κ3) is 3.15. The van der Waals surface area contributed by atoms with E-state index in [4.69, 9.17) is 23.2 Å². The predicted octanol–water partition coefficient (Wildman–Crippen LogP) is 3.41. The number of halogens is 2. The van der Waals surface area contributed by atoms with Crippen LogP contribution in [0.15, 0.2) is 6.07 Å². The lowest BCUT2D eigenvalue weighted by Crippen LogP contribution is -2.15. The van der Waals surface area contributed by atoms with E-state index in [1.807, 2.05) is 0 Å². The van der Waals surface area contributed by atoms with Crippen molar-refractivity contribution < 1.29 is 14.7 Å². The molecule has 0 aliphatic carbocycles. The molecular formula is C12H9Cl2N3O3S. The maximum absolute atomic E-state index is 12.2. The molecular weight excluding hydrogens is 337 g/mol. The number of nitrogens with zero attached hydrogens (tertiary/aromatic N) is 2. The molecule has 1 amide bonds. The summed E-state index contributed by atoms with van der Waals surface area (Å²) in [4.78, 5) is 24.3. The van der Waals surface area contributed by atoms with Gasteiger partial charge < -0.3 is 10.4 Å². The summed E-state index contributed by atoms with van der Waals surface area (Å²) in [5.41, 5.74) is 0.701. The van der Waals surface area contributed by atoms with Crippen LogP contribution in [0.4, 0.5) is 5.00 Å². The average molecular weight is 346 g/mol. The number of rotatable bonds is 3. The van der Waals surface area contributed by atoms with Crippen LogP contribution in [0.5, 0.6) is 0 Å². The van der Waals surface area contributed by atoms with Crippen molar-refractivity contribution in [2.75, 3.05) is 5.32 Å². The molecule has 0 spiro atoms. The van der Waals surface area contributed by atoms with Gasteiger partial charge in [0.2, 0.25) is 0 Å². The Morgan fingerprint density at radius 2 is 1.95 bits per heavy atom. The molecule has 0 atom stereocenters. The number of carbonyl (C=O) groups is 2. The standard InChI is InChI=1S/C12H9Cl2N3O3S/c1-4-5(2)21-11(8(4)12(19)20)15-10(18)6-3-7(13)16-17-9(6)14/h3H,1-2H3,(H,15,18)(H,19,20). The van der Waals surface area contributed by atoms with Crippen LogP contribution in [0.25, 0.3) is 0 Å². The summed E-state index contributed by atoms with van der Waals surface area (Å²) in [7, 11) is 0. The fraction of sp³-hybridized carbons (Fsp3) is 0.167. The number of carboxylic acid groups (broad SMARTS) is 1. The van der Waals surface area contributed by atoms with E-state index in [1.54, 1.807) is 13.8 Å². The van der Waals surface area contributed by atoms with Crippen LogP contribution < -0.4 is 5.32 Å². The largest absolute Gasteiger partial charge is 0.478 e. The van der Waals surface area contributed by atoms with E-state index in [1.165, 1.54) is 17.4 Å². The number of hydrogen-bond donors (Lipinski definition) is 2. The molecule has 0 fully saturated rings. The van der Waals surface area contributed by atoms with Crippen LogP contribution in [0.2, 0.25) is 10.3 Å². The van der Waals surface area contributed by atoms with Gasteiger partial charge in [0, 0.05) is 4.88 Å². The molecule has 2 rings (SSSR count). The zero-order valence-electron chi connectivity index (χ0n) is 10.9. The van der Waals surface area contributed by atoms with Gasteiger partial charge in [0.05, 0.1) is 11.1 Å². The average Bonchev–Trinajstić information content (AvgIpc) is 2.67. The van der Waals surface area contributed by atoms with Crippen LogP contribution in [0.1, 0.15) is 31.2 Å². The van der Waals surface area contributed by atoms with E-state index in [-0.39, 0.29) is 26.4 Å². The normalized spacial score (nSPS) is 10.5. The lowest BCUT2D eigenvalue weighted by Gasteiger charge is -2.05. The molecule has 0 bridgehead atoms. The fourth-order valence-electron chi connectivity index (χ4n) is 1.66. The van der Waals surface area contributed by atoms with Gasteiger partial charge in [0.25, 0.3) is 5.91 Å². The number of hydrogen-bond acceptors (Lipinski definition) is 5. The molecule has 110 valence electrons. The lowest BCUT2D eigenvalue weighted by atomic mass is 10.1. The Balaban J connectivity index is 2.38. The van der Waals surface area contributed by atoms with Crippen LogP contribution in [-0.2, 0) is 0 Å². The highest BCUT2D eigenvalue weighted by Gasteiger charge is 2.22. The molecule has 6 nitrogen and oxygen atoms in total. The van der Waals surface area contributed by atoms with Crippen LogP contribution in [0.3, 0.4) is 0 Å². The molecule has 0 aromatic carbocycles. The van der Waals surface area contributed by atoms with Gasteiger partial charge in [0.15, 0.2) is 10.3 Å². The maximum Gasteiger partial charge on any atom is 0.338 e. The highest BCUT2D eigenvalue weighted by atomic mass is 35.5. The number of carboxylic acids is 1. The van der Waals surface area contributed by atoms with Crippen molar-refractivity contribution in [3.63, 3.8) is 0 Å². The summed E-state index contributed by atoms with van der Waals surface area (Å²) >= 11 is 12.6. The molecule has 0 aliphatic rings. The first-order valence-corrected chi connectivity index (χ1v) is 7.22. The Morgan fingerprint density at radius 3 is 2.57 bits per heavy atom. The van der Waals surface area contributed by atoms with E-state index in [0.29, 0.717) is 5.56 Å². The predicted molar refractivity (Wildman–Crippen MR) is 80.8 cm³/mol. The summed E-state index contributed by atoms with van der Waals surface area (Å²) in [5, 5.41) is 18.9. The molecule has 0 unspecified atom stereocenters. The number of anilines is 1. The van der Waals surface area contributed by atoms with Gasteiger partial charge in [0.1, 0.15) is 5.00 Å². The van der Waals surface area contributed by atoms with E-state index >= 15 is 0 Å². The second-order valence-corrected chi connectivity index (χ2v) is 6.09. The minimum absolute atomic E-state index is 0.0153. The minimum atomic E-state index is -1.11. The molecule has 0 saturated carbocycles. The van der Waals surface area contributed by atoms with Gasteiger partial charge in [-0.2, -0.15) is 0 Å². The molecule has 2 heterocycles. The summed E-state index contributed by atoms with van der Waals surface area (Å²) in [5.74, 6) is -1.70. The van der Waals surface area contributed by atoms with Crippen LogP contribution in [0, 0.1) is 13.8 Å². The summed E-state index contributed by atoms with van der Waals surface area (Å²) < 4.78 is 0. The second-order valence-electron chi connectivity index (χ2n) is 4.12. The molecule has 21 heavy (non-hydrogen) atoms. The van der Waals surface area contributed by atoms with Crippen molar-refractivity contribution in [1.29, 1.82) is 0 Å². The minimum Gasteiger partial charge on any atom is -0.478 e. The first kappa shape index (κ1) is 15.7. The van der Waals surface area contributed by atoms with Gasteiger partial charge in [-0.25, -0.2) is 4.79 Å². The number of aromatic carboxylic acids is 1. The van der Waals surface area contributed by atoms with Gasteiger partial charge in [-0.1, -0.05) is 23.2 Å². The molecule has 0 saturated heterocycles. The van der Waals surface area contributed by atoms with Gasteiger partial charge in [-0.05, 0) is 25.5 Å². The molecule has 2 aromatic rings. The fourth-order valence-corrected chi connectivity index (χ4v) is 3.03. The van der Waals surface area contributed by atoms with Crippen molar-refractivity contribution >= 4 is 51.4 Å². The lowest BCUT2D eigenvalue weighted by molar-refractivity contribution is 0.0697. The number of nitrogens with one attached hydrogen (secondary N) is 1. The quantitative estimate of drug-likeness (QED) is 0.888. The van der Waals surface area contributed by atoms with E-state index < -0.39 is 11.9 Å². The van der Waals surface area contributed by atoms with E-state index in [2.05, 4.69) is 15.5 Å². The Kier molecular flexibility index (Phi) is 4.46. The maximum atomic E-state index is 12.2. The van der Waals surface area contributed by atoms with Gasteiger partial charge in [-0.15, -0.1) is 21.5 Å². The highest BCUT2D eigenvalue weighted by molar-refractivity contribution is 7.16. The van der Waals surface area contributed by atoms with Gasteiger partial charge >= 0.3 is 5.97 Å². The van der Waals surface area contributed by atoms with Crippen molar-refractivity contribution in [3.8, 4) is 0 Å². The van der Waals surface area contributed by atoms with Crippen LogP contribution >= 0.6 is 34.5 Å².